The number of likely N-dealkylation sites (tertiary alicyclic amines) is 1. The third kappa shape index (κ3) is 5.20. The van der Waals surface area contributed by atoms with E-state index < -0.39 is 0 Å². The highest BCUT2D eigenvalue weighted by Gasteiger charge is 2.35. The zero-order valence-electron chi connectivity index (χ0n) is 16.4. The van der Waals surface area contributed by atoms with Crippen molar-refractivity contribution in [2.75, 3.05) is 32.7 Å². The van der Waals surface area contributed by atoms with Crippen molar-refractivity contribution in [1.29, 1.82) is 0 Å². The highest BCUT2D eigenvalue weighted by Crippen LogP contribution is 2.26. The van der Waals surface area contributed by atoms with Crippen LogP contribution in [0.25, 0.3) is 0 Å². The van der Waals surface area contributed by atoms with Crippen LogP contribution in [-0.2, 0) is 4.79 Å². The second-order valence-electron chi connectivity index (χ2n) is 7.83. The molecule has 3 rings (SSSR count). The Morgan fingerprint density at radius 3 is 2.61 bits per heavy atom. The number of rotatable bonds is 8. The van der Waals surface area contributed by atoms with Crippen LogP contribution in [0.15, 0.2) is 22.7 Å². The van der Waals surface area contributed by atoms with E-state index in [1.54, 1.807) is 18.2 Å². The molecule has 1 unspecified atom stereocenters. The van der Waals surface area contributed by atoms with Gasteiger partial charge in [-0.2, -0.15) is 0 Å². The lowest BCUT2D eigenvalue weighted by Crippen LogP contribution is -2.38. The first-order valence-electron chi connectivity index (χ1n) is 10.1. The Labute approximate surface area is 174 Å². The molecule has 1 aromatic carbocycles. The average molecular weight is 450 g/mol. The molecule has 0 aliphatic carbocycles. The number of nitrogens with zero attached hydrogens (tertiary/aromatic N) is 2. The lowest BCUT2D eigenvalue weighted by molar-refractivity contribution is -0.121. The zero-order valence-corrected chi connectivity index (χ0v) is 18.0. The molecule has 0 bridgehead atoms. The van der Waals surface area contributed by atoms with E-state index >= 15 is 0 Å². The summed E-state index contributed by atoms with van der Waals surface area (Å²) >= 11 is 3.33. The zero-order chi connectivity index (χ0) is 20.1. The summed E-state index contributed by atoms with van der Waals surface area (Å²) in [7, 11) is 0. The minimum absolute atomic E-state index is 0.0233. The van der Waals surface area contributed by atoms with Crippen LogP contribution in [0.5, 0.6) is 0 Å². The van der Waals surface area contributed by atoms with Gasteiger partial charge in [-0.3, -0.25) is 19.3 Å². The highest BCUT2D eigenvalue weighted by atomic mass is 79.9. The molecule has 0 aromatic heterocycles. The first-order valence-corrected chi connectivity index (χ1v) is 10.9. The second-order valence-corrected chi connectivity index (χ2v) is 8.74. The number of hydrogen-bond donors (Lipinski definition) is 1. The average Bonchev–Trinajstić information content (AvgIpc) is 2.91. The molecule has 1 fully saturated rings. The van der Waals surface area contributed by atoms with Crippen LogP contribution in [0.1, 0.15) is 59.7 Å². The molecule has 3 amide bonds. The maximum absolute atomic E-state index is 12.4. The van der Waals surface area contributed by atoms with Gasteiger partial charge in [0.25, 0.3) is 11.8 Å². The molecule has 7 heteroatoms. The van der Waals surface area contributed by atoms with Gasteiger partial charge >= 0.3 is 0 Å². The summed E-state index contributed by atoms with van der Waals surface area (Å²) in [6.45, 7) is 6.43. The van der Waals surface area contributed by atoms with Gasteiger partial charge in [0.05, 0.1) is 11.1 Å². The molecule has 28 heavy (non-hydrogen) atoms. The van der Waals surface area contributed by atoms with Crippen LogP contribution in [0, 0.1) is 5.92 Å². The quantitative estimate of drug-likeness (QED) is 0.619. The summed E-state index contributed by atoms with van der Waals surface area (Å²) in [5.41, 5.74) is 0.861. The molecule has 2 aliphatic rings. The fourth-order valence-electron chi connectivity index (χ4n) is 3.89. The molecule has 1 N–H and O–H groups in total. The standard InChI is InChI=1S/C21H28BrN3O3/c1-15(14-24-9-3-2-4-10-24)13-23-19(26)6-5-11-25-20(27)17-8-7-16(22)12-18(17)21(25)28/h7-8,12,15H,2-6,9-11,13-14H2,1H3,(H,23,26). The van der Waals surface area contributed by atoms with Crippen LogP contribution < -0.4 is 5.32 Å². The van der Waals surface area contributed by atoms with Crippen molar-refractivity contribution in [2.45, 2.75) is 39.0 Å². The Balaban J connectivity index is 1.37. The normalized spacial score (nSPS) is 18.3. The highest BCUT2D eigenvalue weighted by molar-refractivity contribution is 9.10. The molecule has 1 saturated heterocycles. The number of imide groups is 1. The number of halogens is 1. The van der Waals surface area contributed by atoms with Gasteiger partial charge in [0.1, 0.15) is 0 Å². The van der Waals surface area contributed by atoms with Crippen LogP contribution in [0.3, 0.4) is 0 Å². The Kier molecular flexibility index (Phi) is 7.24. The van der Waals surface area contributed by atoms with Crippen LogP contribution in [0.2, 0.25) is 0 Å². The summed E-state index contributed by atoms with van der Waals surface area (Å²) in [6.07, 6.45) is 4.65. The van der Waals surface area contributed by atoms with E-state index in [4.69, 9.17) is 0 Å². The minimum atomic E-state index is -0.281. The second kappa shape index (κ2) is 9.65. The van der Waals surface area contributed by atoms with Gasteiger partial charge in [-0.25, -0.2) is 0 Å². The first-order chi connectivity index (χ1) is 13.5. The fraction of sp³-hybridized carbons (Fsp3) is 0.571. The van der Waals surface area contributed by atoms with Gasteiger partial charge < -0.3 is 10.2 Å². The summed E-state index contributed by atoms with van der Waals surface area (Å²) in [5, 5.41) is 2.98. The van der Waals surface area contributed by atoms with Crippen LogP contribution in [-0.4, -0.2) is 60.2 Å². The molecule has 152 valence electrons. The number of carbonyl (C=O) groups excluding carboxylic acids is 3. The number of benzene rings is 1. The van der Waals surface area contributed by atoms with Gasteiger partial charge in [0.2, 0.25) is 5.91 Å². The van der Waals surface area contributed by atoms with Crippen molar-refractivity contribution in [3.63, 3.8) is 0 Å². The Morgan fingerprint density at radius 2 is 1.86 bits per heavy atom. The van der Waals surface area contributed by atoms with Gasteiger partial charge in [-0.05, 0) is 56.5 Å². The van der Waals surface area contributed by atoms with Crippen molar-refractivity contribution in [1.82, 2.24) is 15.1 Å². The predicted molar refractivity (Wildman–Crippen MR) is 111 cm³/mol. The topological polar surface area (TPSA) is 69.7 Å². The summed E-state index contributed by atoms with van der Waals surface area (Å²) in [5.74, 6) is -0.165. The maximum Gasteiger partial charge on any atom is 0.261 e. The largest absolute Gasteiger partial charge is 0.356 e. The lowest BCUT2D eigenvalue weighted by atomic mass is 10.1. The Morgan fingerprint density at radius 1 is 1.14 bits per heavy atom. The molecule has 1 atom stereocenters. The number of piperidine rings is 1. The van der Waals surface area contributed by atoms with Gasteiger partial charge in [0.15, 0.2) is 0 Å². The molecule has 2 heterocycles. The first kappa shape index (κ1) is 21.0. The van der Waals surface area contributed by atoms with E-state index in [0.29, 0.717) is 36.4 Å². The van der Waals surface area contributed by atoms with Gasteiger partial charge in [-0.15, -0.1) is 0 Å². The number of fused-ring (bicyclic) bond motifs is 1. The van der Waals surface area contributed by atoms with Crippen LogP contribution >= 0.6 is 15.9 Å². The van der Waals surface area contributed by atoms with E-state index in [2.05, 4.69) is 33.1 Å². The number of carbonyl (C=O) groups is 3. The van der Waals surface area contributed by atoms with E-state index in [9.17, 15) is 14.4 Å². The van der Waals surface area contributed by atoms with E-state index in [-0.39, 0.29) is 24.3 Å². The van der Waals surface area contributed by atoms with Crippen LogP contribution in [0.4, 0.5) is 0 Å². The number of amides is 3. The minimum Gasteiger partial charge on any atom is -0.356 e. The molecule has 0 spiro atoms. The molecule has 1 aromatic rings. The number of hydrogen-bond acceptors (Lipinski definition) is 4. The Bertz CT molecular complexity index is 746. The summed E-state index contributed by atoms with van der Waals surface area (Å²) in [6, 6.07) is 5.09. The third-order valence-electron chi connectivity index (χ3n) is 5.38. The van der Waals surface area contributed by atoms with Crippen molar-refractivity contribution in [2.24, 2.45) is 5.92 Å². The molecule has 2 aliphatic heterocycles. The molecular weight excluding hydrogens is 422 g/mol. The fourth-order valence-corrected chi connectivity index (χ4v) is 4.25. The van der Waals surface area contributed by atoms with E-state index in [1.807, 2.05) is 0 Å². The third-order valence-corrected chi connectivity index (χ3v) is 5.88. The maximum atomic E-state index is 12.4. The smallest absolute Gasteiger partial charge is 0.261 e. The molecule has 0 radical (unpaired) electrons. The molecular formula is C21H28BrN3O3. The molecule has 6 nitrogen and oxygen atoms in total. The molecule has 0 saturated carbocycles. The Hall–Kier alpha value is -1.73. The van der Waals surface area contributed by atoms with Gasteiger partial charge in [-0.1, -0.05) is 29.3 Å². The predicted octanol–water partition coefficient (Wildman–Crippen LogP) is 3.06. The van der Waals surface area contributed by atoms with E-state index in [0.717, 1.165) is 24.1 Å². The number of nitrogens with one attached hydrogen (secondary N) is 1. The van der Waals surface area contributed by atoms with Crippen molar-refractivity contribution >= 4 is 33.7 Å². The summed E-state index contributed by atoms with van der Waals surface area (Å²) < 4.78 is 0.771. The summed E-state index contributed by atoms with van der Waals surface area (Å²) in [4.78, 5) is 40.6. The lowest BCUT2D eigenvalue weighted by Gasteiger charge is -2.29. The van der Waals surface area contributed by atoms with Gasteiger partial charge in [0, 0.05) is 30.5 Å². The van der Waals surface area contributed by atoms with Crippen molar-refractivity contribution in [3.05, 3.63) is 33.8 Å². The van der Waals surface area contributed by atoms with E-state index in [1.165, 1.54) is 24.2 Å². The van der Waals surface area contributed by atoms with Crippen molar-refractivity contribution in [3.8, 4) is 0 Å². The monoisotopic (exact) mass is 449 g/mol. The SMILES string of the molecule is CC(CNC(=O)CCCN1C(=O)c2ccc(Br)cc2C1=O)CN1CCCCC1. The van der Waals surface area contributed by atoms with Crippen molar-refractivity contribution < 1.29 is 14.4 Å².